The van der Waals surface area contributed by atoms with Crippen LogP contribution in [0.2, 0.25) is 0 Å². The van der Waals surface area contributed by atoms with E-state index < -0.39 is 10.0 Å². The van der Waals surface area contributed by atoms with E-state index in [1.807, 2.05) is 0 Å². The average Bonchev–Trinajstić information content (AvgIpc) is 2.77. The highest BCUT2D eigenvalue weighted by Gasteiger charge is 2.25. The molecule has 0 radical (unpaired) electrons. The van der Waals surface area contributed by atoms with E-state index in [1.165, 1.54) is 17.8 Å². The fraction of sp³-hybridized carbons (Fsp3) is 0.667. The molecular weight excluding hydrogens is 268 g/mol. The van der Waals surface area contributed by atoms with Crippen molar-refractivity contribution in [2.24, 2.45) is 11.7 Å². The Morgan fingerprint density at radius 1 is 1.44 bits per heavy atom. The molecule has 3 N–H and O–H groups in total. The molecule has 0 spiro atoms. The smallest absolute Gasteiger partial charge is 0.250 e. The highest BCUT2D eigenvalue weighted by Crippen LogP contribution is 2.26. The molecule has 2 unspecified atom stereocenters. The minimum atomic E-state index is -3.36. The van der Waals surface area contributed by atoms with Gasteiger partial charge in [0.2, 0.25) is 10.0 Å². The van der Waals surface area contributed by atoms with E-state index in [9.17, 15) is 8.42 Å². The van der Waals surface area contributed by atoms with E-state index in [1.54, 1.807) is 12.1 Å². The van der Waals surface area contributed by atoms with Gasteiger partial charge in [-0.1, -0.05) is 19.8 Å². The molecule has 1 aliphatic rings. The monoisotopic (exact) mass is 288 g/mol. The van der Waals surface area contributed by atoms with E-state index in [0.29, 0.717) is 16.7 Å². The number of nitrogens with two attached hydrogens (primary N) is 1. The summed E-state index contributed by atoms with van der Waals surface area (Å²) in [4.78, 5) is 0.896. The second-order valence-corrected chi connectivity index (χ2v) is 8.12. The Morgan fingerprint density at radius 2 is 2.22 bits per heavy atom. The molecule has 6 heteroatoms. The fourth-order valence-electron chi connectivity index (χ4n) is 2.43. The van der Waals surface area contributed by atoms with Crippen molar-refractivity contribution in [2.45, 2.75) is 49.4 Å². The van der Waals surface area contributed by atoms with Crippen LogP contribution < -0.4 is 10.5 Å². The lowest BCUT2D eigenvalue weighted by Crippen LogP contribution is -2.37. The Morgan fingerprint density at radius 3 is 2.83 bits per heavy atom. The van der Waals surface area contributed by atoms with Gasteiger partial charge in [-0.05, 0) is 30.9 Å². The van der Waals surface area contributed by atoms with Crippen LogP contribution in [0.5, 0.6) is 0 Å². The molecule has 0 saturated heterocycles. The topological polar surface area (TPSA) is 72.2 Å². The quantitative estimate of drug-likeness (QED) is 0.891. The van der Waals surface area contributed by atoms with E-state index in [-0.39, 0.29) is 6.04 Å². The maximum absolute atomic E-state index is 12.2. The number of rotatable bonds is 4. The zero-order valence-corrected chi connectivity index (χ0v) is 12.2. The van der Waals surface area contributed by atoms with Gasteiger partial charge in [0.05, 0.1) is 0 Å². The van der Waals surface area contributed by atoms with Crippen LogP contribution in [-0.4, -0.2) is 14.5 Å². The van der Waals surface area contributed by atoms with Crippen molar-refractivity contribution >= 4 is 21.4 Å². The Bertz CT molecular complexity index is 496. The number of nitrogens with one attached hydrogen (secondary N) is 1. The standard InChI is InChI=1S/C12H20N2O2S2/c1-9-3-2-4-10(7-9)14-18(15,16)12-6-5-11(8-13)17-12/h5-6,9-10,14H,2-4,7-8,13H2,1H3. The van der Waals surface area contributed by atoms with Crippen LogP contribution in [0, 0.1) is 5.92 Å². The number of hydrogen-bond acceptors (Lipinski definition) is 4. The fourth-order valence-corrected chi connectivity index (χ4v) is 4.97. The number of thiophene rings is 1. The van der Waals surface area contributed by atoms with E-state index in [0.717, 1.165) is 24.1 Å². The normalized spacial score (nSPS) is 25.2. The van der Waals surface area contributed by atoms with Crippen LogP contribution in [-0.2, 0) is 16.6 Å². The Hall–Kier alpha value is -0.430. The molecule has 102 valence electrons. The van der Waals surface area contributed by atoms with Crippen LogP contribution in [0.3, 0.4) is 0 Å². The molecule has 1 fully saturated rings. The minimum Gasteiger partial charge on any atom is -0.326 e. The molecule has 0 aliphatic heterocycles. The van der Waals surface area contributed by atoms with Crippen molar-refractivity contribution < 1.29 is 8.42 Å². The zero-order chi connectivity index (χ0) is 13.2. The summed E-state index contributed by atoms with van der Waals surface area (Å²) in [5.74, 6) is 0.606. The van der Waals surface area contributed by atoms with E-state index in [4.69, 9.17) is 5.73 Å². The largest absolute Gasteiger partial charge is 0.326 e. The first-order valence-electron chi connectivity index (χ1n) is 6.32. The van der Waals surface area contributed by atoms with Gasteiger partial charge in [0.1, 0.15) is 4.21 Å². The predicted octanol–water partition coefficient (Wildman–Crippen LogP) is 2.06. The molecule has 1 heterocycles. The van der Waals surface area contributed by atoms with Crippen LogP contribution >= 0.6 is 11.3 Å². The third-order valence-electron chi connectivity index (χ3n) is 3.36. The summed E-state index contributed by atoms with van der Waals surface area (Å²) in [6.07, 6.45) is 4.19. The maximum atomic E-state index is 12.2. The van der Waals surface area contributed by atoms with Gasteiger partial charge in [0.25, 0.3) is 0 Å². The highest BCUT2D eigenvalue weighted by atomic mass is 32.2. The summed E-state index contributed by atoms with van der Waals surface area (Å²) in [5.41, 5.74) is 5.50. The van der Waals surface area contributed by atoms with Gasteiger partial charge < -0.3 is 5.73 Å². The van der Waals surface area contributed by atoms with Gasteiger partial charge in [-0.3, -0.25) is 0 Å². The molecule has 1 aromatic heterocycles. The number of sulfonamides is 1. The van der Waals surface area contributed by atoms with Crippen LogP contribution in [0.15, 0.2) is 16.3 Å². The Labute approximate surface area is 113 Å². The molecular formula is C12H20N2O2S2. The first kappa shape index (κ1) is 14.0. The summed E-state index contributed by atoms with van der Waals surface area (Å²) >= 11 is 1.25. The molecule has 2 atom stereocenters. The van der Waals surface area contributed by atoms with Gasteiger partial charge in [-0.15, -0.1) is 11.3 Å². The molecule has 0 bridgehead atoms. The van der Waals surface area contributed by atoms with Crippen molar-refractivity contribution in [2.75, 3.05) is 0 Å². The average molecular weight is 288 g/mol. The van der Waals surface area contributed by atoms with E-state index in [2.05, 4.69) is 11.6 Å². The summed E-state index contributed by atoms with van der Waals surface area (Å²) in [5, 5.41) is 0. The molecule has 4 nitrogen and oxygen atoms in total. The number of hydrogen-bond donors (Lipinski definition) is 2. The van der Waals surface area contributed by atoms with Crippen LogP contribution in [0.25, 0.3) is 0 Å². The molecule has 18 heavy (non-hydrogen) atoms. The first-order chi connectivity index (χ1) is 8.51. The van der Waals surface area contributed by atoms with Gasteiger partial charge in [0, 0.05) is 17.5 Å². The molecule has 1 aromatic rings. The lowest BCUT2D eigenvalue weighted by Gasteiger charge is -2.26. The SMILES string of the molecule is CC1CCCC(NS(=O)(=O)c2ccc(CN)s2)C1. The van der Waals surface area contributed by atoms with Crippen molar-refractivity contribution in [3.05, 3.63) is 17.0 Å². The molecule has 0 aromatic carbocycles. The van der Waals surface area contributed by atoms with Gasteiger partial charge >= 0.3 is 0 Å². The van der Waals surface area contributed by atoms with Gasteiger partial charge in [-0.2, -0.15) is 0 Å². The van der Waals surface area contributed by atoms with Crippen LogP contribution in [0.4, 0.5) is 0 Å². The Balaban J connectivity index is 2.06. The minimum absolute atomic E-state index is 0.0853. The van der Waals surface area contributed by atoms with Crippen molar-refractivity contribution in [1.29, 1.82) is 0 Å². The lowest BCUT2D eigenvalue weighted by molar-refractivity contribution is 0.327. The second kappa shape index (κ2) is 5.69. The highest BCUT2D eigenvalue weighted by molar-refractivity contribution is 7.91. The maximum Gasteiger partial charge on any atom is 0.250 e. The van der Waals surface area contributed by atoms with Gasteiger partial charge in [0.15, 0.2) is 0 Å². The summed E-state index contributed by atoms with van der Waals surface area (Å²) in [6.45, 7) is 2.57. The molecule has 2 rings (SSSR count). The lowest BCUT2D eigenvalue weighted by atomic mass is 9.88. The first-order valence-corrected chi connectivity index (χ1v) is 8.62. The molecule has 0 amide bonds. The Kier molecular flexibility index (Phi) is 4.42. The predicted molar refractivity (Wildman–Crippen MR) is 74.0 cm³/mol. The summed E-state index contributed by atoms with van der Waals surface area (Å²) < 4.78 is 27.6. The summed E-state index contributed by atoms with van der Waals surface area (Å²) in [6, 6.07) is 3.51. The van der Waals surface area contributed by atoms with Crippen molar-refractivity contribution in [1.82, 2.24) is 4.72 Å². The molecule has 1 saturated carbocycles. The van der Waals surface area contributed by atoms with Crippen molar-refractivity contribution in [3.8, 4) is 0 Å². The van der Waals surface area contributed by atoms with Crippen LogP contribution in [0.1, 0.15) is 37.5 Å². The zero-order valence-electron chi connectivity index (χ0n) is 10.6. The summed E-state index contributed by atoms with van der Waals surface area (Å²) in [7, 11) is -3.36. The van der Waals surface area contributed by atoms with Crippen molar-refractivity contribution in [3.63, 3.8) is 0 Å². The second-order valence-electron chi connectivity index (χ2n) is 5.01. The van der Waals surface area contributed by atoms with Gasteiger partial charge in [-0.25, -0.2) is 13.1 Å². The van der Waals surface area contributed by atoms with E-state index >= 15 is 0 Å². The molecule has 1 aliphatic carbocycles. The third-order valence-corrected chi connectivity index (χ3v) is 6.48. The third kappa shape index (κ3) is 3.32.